The second-order valence-electron chi connectivity index (χ2n) is 8.25. The molecule has 1 N–H and O–H groups in total. The summed E-state index contributed by atoms with van der Waals surface area (Å²) in [5.41, 5.74) is 2.57. The summed E-state index contributed by atoms with van der Waals surface area (Å²) in [7, 11) is 3.94. The molecule has 3 aromatic rings. The second-order valence-corrected chi connectivity index (χ2v) is 9.56. The summed E-state index contributed by atoms with van der Waals surface area (Å²) in [5, 5.41) is 11.9. The van der Waals surface area contributed by atoms with Gasteiger partial charge in [-0.3, -0.25) is 9.36 Å². The van der Waals surface area contributed by atoms with Crippen LogP contribution < -0.4 is 10.2 Å². The zero-order valence-electron chi connectivity index (χ0n) is 19.0. The van der Waals surface area contributed by atoms with Crippen molar-refractivity contribution < 1.29 is 13.9 Å². The van der Waals surface area contributed by atoms with Crippen molar-refractivity contribution in [3.63, 3.8) is 0 Å². The predicted molar refractivity (Wildman–Crippen MR) is 129 cm³/mol. The number of amides is 1. The Kier molecular flexibility index (Phi) is 7.29. The molecular weight excluding hydrogens is 441 g/mol. The number of carbonyl (C=O) groups excluding carboxylic acids is 1. The van der Waals surface area contributed by atoms with E-state index in [9.17, 15) is 9.18 Å². The van der Waals surface area contributed by atoms with Crippen LogP contribution in [0, 0.1) is 5.82 Å². The standard InChI is InChI=1S/C24H28FN5O2S/c1-16(23(31)26-19-10-12-20(13-11-19)29(2)3)33-24-28-27-22(17-6-8-18(25)9-7-17)30(24)15-21-5-4-14-32-21/h6-13,16,21H,4-5,14-15H2,1-3H3,(H,26,31)/t16-,21-/m0/s1. The first-order valence-corrected chi connectivity index (χ1v) is 11.8. The smallest absolute Gasteiger partial charge is 0.237 e. The zero-order valence-corrected chi connectivity index (χ0v) is 19.8. The summed E-state index contributed by atoms with van der Waals surface area (Å²) in [6, 6.07) is 13.9. The Balaban J connectivity index is 1.50. The molecule has 33 heavy (non-hydrogen) atoms. The number of thioether (sulfide) groups is 1. The lowest BCUT2D eigenvalue weighted by Gasteiger charge is -2.17. The van der Waals surface area contributed by atoms with Gasteiger partial charge in [-0.1, -0.05) is 11.8 Å². The third kappa shape index (κ3) is 5.72. The number of anilines is 2. The number of nitrogens with zero attached hydrogens (tertiary/aromatic N) is 4. The fourth-order valence-corrected chi connectivity index (χ4v) is 4.50. The van der Waals surface area contributed by atoms with Crippen molar-refractivity contribution in [1.29, 1.82) is 0 Å². The van der Waals surface area contributed by atoms with Crippen LogP contribution in [0.1, 0.15) is 19.8 Å². The van der Waals surface area contributed by atoms with Crippen molar-refractivity contribution >= 4 is 29.0 Å². The Morgan fingerprint density at radius 1 is 1.21 bits per heavy atom. The van der Waals surface area contributed by atoms with Crippen molar-refractivity contribution in [2.24, 2.45) is 0 Å². The van der Waals surface area contributed by atoms with Crippen LogP contribution in [0.25, 0.3) is 11.4 Å². The number of carbonyl (C=O) groups is 1. The van der Waals surface area contributed by atoms with E-state index in [1.165, 1.54) is 23.9 Å². The predicted octanol–water partition coefficient (Wildman–Crippen LogP) is 4.45. The highest BCUT2D eigenvalue weighted by atomic mass is 32.2. The van der Waals surface area contributed by atoms with E-state index in [2.05, 4.69) is 15.5 Å². The summed E-state index contributed by atoms with van der Waals surface area (Å²) >= 11 is 1.35. The number of hydrogen-bond donors (Lipinski definition) is 1. The van der Waals surface area contributed by atoms with Gasteiger partial charge in [-0.25, -0.2) is 4.39 Å². The number of aromatic nitrogens is 3. The lowest BCUT2D eigenvalue weighted by molar-refractivity contribution is -0.115. The quantitative estimate of drug-likeness (QED) is 0.492. The van der Waals surface area contributed by atoms with Gasteiger partial charge < -0.3 is 15.0 Å². The minimum Gasteiger partial charge on any atom is -0.378 e. The maximum absolute atomic E-state index is 13.4. The molecule has 0 aliphatic carbocycles. The van der Waals surface area contributed by atoms with E-state index >= 15 is 0 Å². The van der Waals surface area contributed by atoms with Crippen molar-refractivity contribution in [3.05, 3.63) is 54.3 Å². The average molecular weight is 470 g/mol. The fraction of sp³-hybridized carbons (Fsp3) is 0.375. The summed E-state index contributed by atoms with van der Waals surface area (Å²) < 4.78 is 21.2. The minimum absolute atomic E-state index is 0.0684. The van der Waals surface area contributed by atoms with Gasteiger partial charge in [0.1, 0.15) is 5.82 Å². The highest BCUT2D eigenvalue weighted by molar-refractivity contribution is 8.00. The number of nitrogens with one attached hydrogen (secondary N) is 1. The molecule has 0 unspecified atom stereocenters. The van der Waals surface area contributed by atoms with Gasteiger partial charge >= 0.3 is 0 Å². The van der Waals surface area contributed by atoms with Crippen LogP contribution in [0.2, 0.25) is 0 Å². The monoisotopic (exact) mass is 469 g/mol. The first-order chi connectivity index (χ1) is 15.9. The van der Waals surface area contributed by atoms with Gasteiger partial charge in [0.15, 0.2) is 11.0 Å². The maximum Gasteiger partial charge on any atom is 0.237 e. The van der Waals surface area contributed by atoms with Crippen molar-refractivity contribution in [1.82, 2.24) is 14.8 Å². The molecule has 1 saturated heterocycles. The summed E-state index contributed by atoms with van der Waals surface area (Å²) in [6.45, 7) is 3.17. The molecule has 1 aromatic heterocycles. The van der Waals surface area contributed by atoms with E-state index in [1.54, 1.807) is 12.1 Å². The molecule has 0 bridgehead atoms. The zero-order chi connectivity index (χ0) is 23.4. The molecular formula is C24H28FN5O2S. The molecule has 0 saturated carbocycles. The molecule has 2 atom stereocenters. The molecule has 4 rings (SSSR count). The van der Waals surface area contributed by atoms with Crippen LogP contribution in [-0.2, 0) is 16.1 Å². The number of benzene rings is 2. The molecule has 2 heterocycles. The van der Waals surface area contributed by atoms with E-state index in [0.717, 1.165) is 36.4 Å². The van der Waals surface area contributed by atoms with Crippen molar-refractivity contribution in [2.45, 2.75) is 42.8 Å². The minimum atomic E-state index is -0.396. The number of hydrogen-bond acceptors (Lipinski definition) is 6. The lowest BCUT2D eigenvalue weighted by atomic mass is 10.2. The van der Waals surface area contributed by atoms with E-state index in [-0.39, 0.29) is 17.8 Å². The Hall–Kier alpha value is -2.91. The topological polar surface area (TPSA) is 72.3 Å². The van der Waals surface area contributed by atoms with Gasteiger partial charge in [0, 0.05) is 37.6 Å². The van der Waals surface area contributed by atoms with Crippen LogP contribution in [0.15, 0.2) is 53.7 Å². The molecule has 9 heteroatoms. The van der Waals surface area contributed by atoms with E-state index in [1.807, 2.05) is 54.8 Å². The van der Waals surface area contributed by atoms with Crippen LogP contribution in [-0.4, -0.2) is 52.7 Å². The number of halogens is 1. The van der Waals surface area contributed by atoms with Gasteiger partial charge in [0.05, 0.1) is 17.9 Å². The largest absolute Gasteiger partial charge is 0.378 e. The first-order valence-electron chi connectivity index (χ1n) is 11.0. The van der Waals surface area contributed by atoms with E-state index < -0.39 is 5.25 Å². The highest BCUT2D eigenvalue weighted by Gasteiger charge is 2.24. The molecule has 7 nitrogen and oxygen atoms in total. The van der Waals surface area contributed by atoms with Crippen LogP contribution in [0.3, 0.4) is 0 Å². The molecule has 1 fully saturated rings. The van der Waals surface area contributed by atoms with Gasteiger partial charge in [0.2, 0.25) is 5.91 Å². The molecule has 2 aromatic carbocycles. The van der Waals surface area contributed by atoms with Crippen LogP contribution in [0.5, 0.6) is 0 Å². The third-order valence-electron chi connectivity index (χ3n) is 5.53. The molecule has 0 spiro atoms. The first kappa shape index (κ1) is 23.3. The summed E-state index contributed by atoms with van der Waals surface area (Å²) in [5.74, 6) is 0.218. The van der Waals surface area contributed by atoms with E-state index in [4.69, 9.17) is 4.74 Å². The Labute approximate surface area is 197 Å². The highest BCUT2D eigenvalue weighted by Crippen LogP contribution is 2.29. The molecule has 1 aliphatic rings. The molecule has 174 valence electrons. The number of rotatable bonds is 8. The Morgan fingerprint density at radius 3 is 2.58 bits per heavy atom. The number of ether oxygens (including phenoxy) is 1. The van der Waals surface area contributed by atoms with Crippen molar-refractivity contribution in [2.75, 3.05) is 30.9 Å². The van der Waals surface area contributed by atoms with E-state index in [0.29, 0.717) is 17.5 Å². The van der Waals surface area contributed by atoms with Gasteiger partial charge in [-0.05, 0) is 68.3 Å². The normalized spacial score (nSPS) is 16.5. The van der Waals surface area contributed by atoms with Crippen LogP contribution in [0.4, 0.5) is 15.8 Å². The van der Waals surface area contributed by atoms with Crippen molar-refractivity contribution in [3.8, 4) is 11.4 Å². The van der Waals surface area contributed by atoms with Crippen LogP contribution >= 0.6 is 11.8 Å². The average Bonchev–Trinajstić information content (AvgIpc) is 3.45. The Bertz CT molecular complexity index is 1080. The Morgan fingerprint density at radius 2 is 1.94 bits per heavy atom. The SMILES string of the molecule is C[C@H](Sc1nnc(-c2ccc(F)cc2)n1C[C@@H]1CCCO1)C(=O)Nc1ccc(N(C)C)cc1. The lowest BCUT2D eigenvalue weighted by Crippen LogP contribution is -2.23. The second kappa shape index (κ2) is 10.4. The fourth-order valence-electron chi connectivity index (χ4n) is 3.64. The molecule has 1 amide bonds. The summed E-state index contributed by atoms with van der Waals surface area (Å²) in [6.07, 6.45) is 2.05. The van der Waals surface area contributed by atoms with Gasteiger partial charge in [-0.15, -0.1) is 10.2 Å². The maximum atomic E-state index is 13.4. The van der Waals surface area contributed by atoms with Gasteiger partial charge in [0.25, 0.3) is 0 Å². The van der Waals surface area contributed by atoms with Gasteiger partial charge in [-0.2, -0.15) is 0 Å². The molecule has 0 radical (unpaired) electrons. The third-order valence-corrected chi connectivity index (χ3v) is 6.61. The molecule has 1 aliphatic heterocycles. The summed E-state index contributed by atoms with van der Waals surface area (Å²) in [4.78, 5) is 14.8.